The van der Waals surface area contributed by atoms with Crippen LogP contribution >= 0.6 is 22.9 Å². The fourth-order valence-electron chi connectivity index (χ4n) is 2.08. The number of ether oxygens (including phenoxy) is 2. The number of aliphatic carboxylic acids is 1. The highest BCUT2D eigenvalue weighted by Gasteiger charge is 2.20. The van der Waals surface area contributed by atoms with Crippen molar-refractivity contribution in [2.45, 2.75) is 25.5 Å². The summed E-state index contributed by atoms with van der Waals surface area (Å²) in [5, 5.41) is 14.7. The second-order valence-electron chi connectivity index (χ2n) is 5.39. The van der Waals surface area contributed by atoms with Gasteiger partial charge in [-0.25, -0.2) is 9.78 Å². The number of hydrogen-bond acceptors (Lipinski definition) is 6. The highest BCUT2D eigenvalue weighted by Crippen LogP contribution is 2.18. The molecule has 0 fully saturated rings. The van der Waals surface area contributed by atoms with Crippen LogP contribution in [0.25, 0.3) is 0 Å². The van der Waals surface area contributed by atoms with Gasteiger partial charge < -0.3 is 19.9 Å². The van der Waals surface area contributed by atoms with E-state index in [-0.39, 0.29) is 26.1 Å². The Bertz CT molecular complexity index is 735. The first-order valence-corrected chi connectivity index (χ1v) is 9.06. The van der Waals surface area contributed by atoms with Gasteiger partial charge >= 0.3 is 5.97 Å². The van der Waals surface area contributed by atoms with Crippen molar-refractivity contribution in [3.63, 3.8) is 0 Å². The van der Waals surface area contributed by atoms with Crippen molar-refractivity contribution >= 4 is 34.8 Å². The van der Waals surface area contributed by atoms with Crippen LogP contribution in [0.1, 0.15) is 17.1 Å². The number of methoxy groups -OCH3 is 1. The van der Waals surface area contributed by atoms with Crippen molar-refractivity contribution in [2.75, 3.05) is 13.7 Å². The Hall–Kier alpha value is -2.16. The van der Waals surface area contributed by atoms with E-state index in [4.69, 9.17) is 26.2 Å². The lowest BCUT2D eigenvalue weighted by Gasteiger charge is -2.13. The maximum Gasteiger partial charge on any atom is 0.326 e. The van der Waals surface area contributed by atoms with Crippen LogP contribution in [0.2, 0.25) is 5.02 Å². The van der Waals surface area contributed by atoms with Gasteiger partial charge in [-0.05, 0) is 24.3 Å². The average Bonchev–Trinajstić information content (AvgIpc) is 3.05. The lowest BCUT2D eigenvalue weighted by molar-refractivity contribution is -0.142. The third-order valence-electron chi connectivity index (χ3n) is 3.36. The number of aromatic nitrogens is 1. The molecule has 0 bridgehead atoms. The Morgan fingerprint density at radius 1 is 1.35 bits per heavy atom. The highest BCUT2D eigenvalue weighted by atomic mass is 35.5. The molecular weight excluding hydrogens is 380 g/mol. The zero-order chi connectivity index (χ0) is 18.9. The number of nitrogens with zero attached hydrogens (tertiary/aromatic N) is 1. The number of halogens is 1. The van der Waals surface area contributed by atoms with Crippen LogP contribution in [0.5, 0.6) is 5.75 Å². The van der Waals surface area contributed by atoms with Gasteiger partial charge in [0.25, 0.3) is 0 Å². The average molecular weight is 399 g/mol. The van der Waals surface area contributed by atoms with Crippen LogP contribution in [0, 0.1) is 0 Å². The Morgan fingerprint density at radius 3 is 2.73 bits per heavy atom. The molecule has 140 valence electrons. The number of amides is 1. The minimum absolute atomic E-state index is 0.00814. The van der Waals surface area contributed by atoms with Gasteiger partial charge in [-0.15, -0.1) is 11.3 Å². The topological polar surface area (TPSA) is 97.8 Å². The summed E-state index contributed by atoms with van der Waals surface area (Å²) < 4.78 is 10.5. The summed E-state index contributed by atoms with van der Waals surface area (Å²) in [5.41, 5.74) is 0.568. The van der Waals surface area contributed by atoms with E-state index in [2.05, 4.69) is 10.3 Å². The monoisotopic (exact) mass is 398 g/mol. The summed E-state index contributed by atoms with van der Waals surface area (Å²) in [5.74, 6) is -0.818. The van der Waals surface area contributed by atoms with Crippen LogP contribution in [0.4, 0.5) is 0 Å². The predicted molar refractivity (Wildman–Crippen MR) is 97.7 cm³/mol. The summed E-state index contributed by atoms with van der Waals surface area (Å²) in [7, 11) is 1.48. The van der Waals surface area contributed by atoms with Gasteiger partial charge in [-0.1, -0.05) is 11.6 Å². The number of thiazole rings is 1. The third kappa shape index (κ3) is 6.62. The second kappa shape index (κ2) is 10.1. The molecule has 1 heterocycles. The van der Waals surface area contributed by atoms with Crippen molar-refractivity contribution in [3.05, 3.63) is 45.4 Å². The molecule has 0 aliphatic heterocycles. The number of benzene rings is 1. The molecule has 2 aromatic rings. The Kier molecular flexibility index (Phi) is 7.83. The quantitative estimate of drug-likeness (QED) is 0.638. The summed E-state index contributed by atoms with van der Waals surface area (Å²) in [6, 6.07) is 6.01. The lowest BCUT2D eigenvalue weighted by Crippen LogP contribution is -2.42. The van der Waals surface area contributed by atoms with E-state index in [1.807, 2.05) is 0 Å². The predicted octanol–water partition coefficient (Wildman–Crippen LogP) is 2.52. The SMILES string of the molecule is COCCC(NC(=O)Cc1csc(COc2ccc(Cl)cc2)n1)C(=O)O. The van der Waals surface area contributed by atoms with E-state index in [0.717, 1.165) is 5.01 Å². The maximum absolute atomic E-state index is 12.0. The molecule has 1 atom stereocenters. The van der Waals surface area contributed by atoms with Gasteiger partial charge in [0.1, 0.15) is 23.4 Å². The number of carboxylic acids is 1. The van der Waals surface area contributed by atoms with E-state index >= 15 is 0 Å². The van der Waals surface area contributed by atoms with Gasteiger partial charge in [0.15, 0.2) is 0 Å². The van der Waals surface area contributed by atoms with Crippen LogP contribution in [-0.4, -0.2) is 41.7 Å². The molecule has 0 spiro atoms. The summed E-state index contributed by atoms with van der Waals surface area (Å²) in [6.45, 7) is 0.527. The third-order valence-corrected chi connectivity index (χ3v) is 4.48. The normalized spacial score (nSPS) is 11.8. The number of hydrogen-bond donors (Lipinski definition) is 2. The van der Waals surface area contributed by atoms with Crippen LogP contribution in [0.15, 0.2) is 29.6 Å². The van der Waals surface area contributed by atoms with Gasteiger partial charge in [0.05, 0.1) is 12.1 Å². The molecule has 1 unspecified atom stereocenters. The molecule has 7 nitrogen and oxygen atoms in total. The Balaban J connectivity index is 1.83. The molecule has 0 aliphatic carbocycles. The molecule has 1 aromatic carbocycles. The first kappa shape index (κ1) is 20.2. The molecule has 26 heavy (non-hydrogen) atoms. The number of carbonyl (C=O) groups is 2. The maximum atomic E-state index is 12.0. The molecule has 0 aliphatic rings. The molecule has 0 saturated heterocycles. The largest absolute Gasteiger partial charge is 0.486 e. The number of nitrogens with one attached hydrogen (secondary N) is 1. The molecular formula is C17H19ClN2O5S. The molecule has 1 aromatic heterocycles. The smallest absolute Gasteiger partial charge is 0.326 e. The molecule has 2 rings (SSSR count). The van der Waals surface area contributed by atoms with E-state index in [9.17, 15) is 9.59 Å². The summed E-state index contributed by atoms with van der Waals surface area (Å²) in [4.78, 5) is 27.5. The van der Waals surface area contributed by atoms with Gasteiger partial charge in [-0.3, -0.25) is 4.79 Å². The highest BCUT2D eigenvalue weighted by molar-refractivity contribution is 7.09. The van der Waals surface area contributed by atoms with E-state index in [0.29, 0.717) is 16.5 Å². The van der Waals surface area contributed by atoms with Crippen LogP contribution in [-0.2, 0) is 27.4 Å². The van der Waals surface area contributed by atoms with E-state index < -0.39 is 17.9 Å². The molecule has 0 radical (unpaired) electrons. The van der Waals surface area contributed by atoms with Crippen molar-refractivity contribution in [1.82, 2.24) is 10.3 Å². The van der Waals surface area contributed by atoms with Crippen molar-refractivity contribution < 1.29 is 24.2 Å². The minimum atomic E-state index is -1.09. The van der Waals surface area contributed by atoms with Gasteiger partial charge in [0, 0.05) is 30.5 Å². The van der Waals surface area contributed by atoms with Crippen molar-refractivity contribution in [3.8, 4) is 5.75 Å². The van der Waals surface area contributed by atoms with Gasteiger partial charge in [-0.2, -0.15) is 0 Å². The molecule has 1 amide bonds. The second-order valence-corrected chi connectivity index (χ2v) is 6.77. The summed E-state index contributed by atoms with van der Waals surface area (Å²) >= 11 is 7.19. The standard InChI is InChI=1S/C17H19ClN2O5S/c1-24-7-6-14(17(22)23)20-15(21)8-12-10-26-16(19-12)9-25-13-4-2-11(18)3-5-13/h2-5,10,14H,6-9H2,1H3,(H,20,21)(H,22,23). The Morgan fingerprint density at radius 2 is 2.08 bits per heavy atom. The summed E-state index contributed by atoms with van der Waals surface area (Å²) in [6.07, 6.45) is 0.211. The first-order valence-electron chi connectivity index (χ1n) is 7.80. The zero-order valence-electron chi connectivity index (χ0n) is 14.1. The van der Waals surface area contributed by atoms with Crippen LogP contribution < -0.4 is 10.1 Å². The van der Waals surface area contributed by atoms with E-state index in [1.54, 1.807) is 29.6 Å². The molecule has 9 heteroatoms. The van der Waals surface area contributed by atoms with Crippen molar-refractivity contribution in [1.29, 1.82) is 0 Å². The number of carboxylic acid groups (broad SMARTS) is 1. The number of carbonyl (C=O) groups excluding carboxylic acids is 1. The molecule has 0 saturated carbocycles. The van der Waals surface area contributed by atoms with Crippen LogP contribution in [0.3, 0.4) is 0 Å². The fraction of sp³-hybridized carbons (Fsp3) is 0.353. The zero-order valence-corrected chi connectivity index (χ0v) is 15.7. The first-order chi connectivity index (χ1) is 12.5. The van der Waals surface area contributed by atoms with Crippen molar-refractivity contribution in [2.24, 2.45) is 0 Å². The minimum Gasteiger partial charge on any atom is -0.486 e. The van der Waals surface area contributed by atoms with Gasteiger partial charge in [0.2, 0.25) is 5.91 Å². The fourth-order valence-corrected chi connectivity index (χ4v) is 2.91. The van der Waals surface area contributed by atoms with E-state index in [1.165, 1.54) is 18.4 Å². The Labute approximate surface area is 159 Å². The number of rotatable bonds is 10. The molecule has 2 N–H and O–H groups in total. The lowest BCUT2D eigenvalue weighted by atomic mass is 10.2.